The van der Waals surface area contributed by atoms with Crippen molar-refractivity contribution in [1.82, 2.24) is 10.3 Å². The third-order valence-electron chi connectivity index (χ3n) is 3.17. The third kappa shape index (κ3) is 2.13. The van der Waals surface area contributed by atoms with Crippen LogP contribution in [0, 0.1) is 0 Å². The van der Waals surface area contributed by atoms with Crippen LogP contribution in [-0.4, -0.2) is 24.1 Å². The maximum atomic E-state index is 5.59. The lowest BCUT2D eigenvalue weighted by molar-refractivity contribution is 0.538. The quantitative estimate of drug-likeness (QED) is 0.850. The van der Waals surface area contributed by atoms with Gasteiger partial charge in [0.15, 0.2) is 11.5 Å². The molecule has 0 radical (unpaired) electrons. The fourth-order valence-electron chi connectivity index (χ4n) is 2.23. The van der Waals surface area contributed by atoms with Gasteiger partial charge in [0.2, 0.25) is 0 Å². The fraction of sp³-hybridized carbons (Fsp3) is 0.462. The molecule has 1 atom stereocenters. The Labute approximate surface area is 100 Å². The van der Waals surface area contributed by atoms with Crippen molar-refractivity contribution in [2.45, 2.75) is 25.8 Å². The average molecular weight is 231 g/mol. The molecule has 0 saturated carbocycles. The van der Waals surface area contributed by atoms with Crippen LogP contribution >= 0.6 is 0 Å². The zero-order valence-corrected chi connectivity index (χ0v) is 9.99. The van der Waals surface area contributed by atoms with E-state index >= 15 is 0 Å². The number of hydrogen-bond acceptors (Lipinski definition) is 4. The van der Waals surface area contributed by atoms with E-state index in [-0.39, 0.29) is 0 Å². The lowest BCUT2D eigenvalue weighted by Crippen LogP contribution is -2.21. The molecular weight excluding hydrogens is 214 g/mol. The minimum atomic E-state index is 0.532. The highest BCUT2D eigenvalue weighted by molar-refractivity contribution is 5.77. The van der Waals surface area contributed by atoms with Gasteiger partial charge in [-0.3, -0.25) is 0 Å². The molecular formula is C13H17N3O. The highest BCUT2D eigenvalue weighted by Crippen LogP contribution is 2.21. The Hall–Kier alpha value is -1.55. The summed E-state index contributed by atoms with van der Waals surface area (Å²) in [6, 6.07) is 6.65. The second-order valence-electron chi connectivity index (χ2n) is 4.48. The van der Waals surface area contributed by atoms with Crippen molar-refractivity contribution in [2.75, 3.05) is 18.4 Å². The summed E-state index contributed by atoms with van der Waals surface area (Å²) < 4.78 is 5.59. The van der Waals surface area contributed by atoms with Crippen LogP contribution in [0.15, 0.2) is 22.6 Å². The number of hydrogen-bond donors (Lipinski definition) is 2. The molecule has 0 bridgehead atoms. The SMILES string of the molecule is CCc1nc2cc(NC3CCNC3)ccc2o1. The van der Waals surface area contributed by atoms with Crippen molar-refractivity contribution in [3.05, 3.63) is 24.1 Å². The van der Waals surface area contributed by atoms with E-state index in [0.29, 0.717) is 6.04 Å². The fourth-order valence-corrected chi connectivity index (χ4v) is 2.23. The normalized spacial score (nSPS) is 19.9. The summed E-state index contributed by atoms with van der Waals surface area (Å²) in [5, 5.41) is 6.86. The van der Waals surface area contributed by atoms with Gasteiger partial charge in [0.05, 0.1) is 0 Å². The van der Waals surface area contributed by atoms with Gasteiger partial charge in [0, 0.05) is 24.7 Å². The topological polar surface area (TPSA) is 50.1 Å². The summed E-state index contributed by atoms with van der Waals surface area (Å²) >= 11 is 0. The molecule has 4 nitrogen and oxygen atoms in total. The summed E-state index contributed by atoms with van der Waals surface area (Å²) in [5.74, 6) is 0.805. The van der Waals surface area contributed by atoms with Crippen LogP contribution in [0.4, 0.5) is 5.69 Å². The van der Waals surface area contributed by atoms with Gasteiger partial charge in [0.25, 0.3) is 0 Å². The molecule has 1 saturated heterocycles. The van der Waals surface area contributed by atoms with Gasteiger partial charge in [-0.05, 0) is 31.2 Å². The Kier molecular flexibility index (Phi) is 2.73. The van der Waals surface area contributed by atoms with Crippen molar-refractivity contribution in [3.8, 4) is 0 Å². The van der Waals surface area contributed by atoms with E-state index in [4.69, 9.17) is 4.42 Å². The molecule has 2 N–H and O–H groups in total. The average Bonchev–Trinajstić information content (AvgIpc) is 2.96. The molecule has 1 aromatic heterocycles. The first-order valence-electron chi connectivity index (χ1n) is 6.22. The summed E-state index contributed by atoms with van der Waals surface area (Å²) in [6.07, 6.45) is 2.01. The lowest BCUT2D eigenvalue weighted by atomic mass is 10.2. The molecule has 1 unspecified atom stereocenters. The Morgan fingerprint density at radius 1 is 1.53 bits per heavy atom. The molecule has 3 rings (SSSR count). The van der Waals surface area contributed by atoms with Gasteiger partial charge >= 0.3 is 0 Å². The number of aryl methyl sites for hydroxylation is 1. The molecule has 0 aliphatic carbocycles. The predicted octanol–water partition coefficient (Wildman–Crippen LogP) is 2.16. The molecule has 2 aromatic rings. The van der Waals surface area contributed by atoms with Crippen LogP contribution in [0.5, 0.6) is 0 Å². The third-order valence-corrected chi connectivity index (χ3v) is 3.17. The summed E-state index contributed by atoms with van der Waals surface area (Å²) in [4.78, 5) is 4.44. The summed E-state index contributed by atoms with van der Waals surface area (Å²) in [6.45, 7) is 4.19. The van der Waals surface area contributed by atoms with Crippen LogP contribution in [0.25, 0.3) is 11.1 Å². The Bertz CT molecular complexity index is 514. The molecule has 1 fully saturated rings. The second kappa shape index (κ2) is 4.37. The van der Waals surface area contributed by atoms with E-state index in [1.54, 1.807) is 0 Å². The Morgan fingerprint density at radius 2 is 2.47 bits per heavy atom. The maximum absolute atomic E-state index is 5.59. The standard InChI is InChI=1S/C13H17N3O/c1-2-13-16-11-7-9(3-4-12(11)17-13)15-10-5-6-14-8-10/h3-4,7,10,14-15H,2,5-6,8H2,1H3. The smallest absolute Gasteiger partial charge is 0.195 e. The van der Waals surface area contributed by atoms with E-state index in [1.807, 2.05) is 13.0 Å². The molecule has 1 aromatic carbocycles. The minimum Gasteiger partial charge on any atom is -0.441 e. The van der Waals surface area contributed by atoms with E-state index in [1.165, 1.54) is 6.42 Å². The summed E-state index contributed by atoms with van der Waals surface area (Å²) in [5.41, 5.74) is 2.94. The van der Waals surface area contributed by atoms with Gasteiger partial charge in [0.1, 0.15) is 5.52 Å². The van der Waals surface area contributed by atoms with Gasteiger partial charge < -0.3 is 15.1 Å². The first-order chi connectivity index (χ1) is 8.35. The van der Waals surface area contributed by atoms with Crippen LogP contribution in [0.2, 0.25) is 0 Å². The largest absolute Gasteiger partial charge is 0.441 e. The number of fused-ring (bicyclic) bond motifs is 1. The number of anilines is 1. The van der Waals surface area contributed by atoms with Crippen molar-refractivity contribution < 1.29 is 4.42 Å². The zero-order chi connectivity index (χ0) is 11.7. The van der Waals surface area contributed by atoms with Crippen LogP contribution in [-0.2, 0) is 6.42 Å². The number of oxazole rings is 1. The molecule has 1 aliphatic rings. The van der Waals surface area contributed by atoms with Crippen molar-refractivity contribution in [3.63, 3.8) is 0 Å². The number of nitrogens with zero attached hydrogens (tertiary/aromatic N) is 1. The maximum Gasteiger partial charge on any atom is 0.195 e. The zero-order valence-electron chi connectivity index (χ0n) is 9.99. The first-order valence-corrected chi connectivity index (χ1v) is 6.22. The monoisotopic (exact) mass is 231 g/mol. The number of aromatic nitrogens is 1. The van der Waals surface area contributed by atoms with E-state index in [0.717, 1.165) is 42.2 Å². The molecule has 90 valence electrons. The molecule has 0 amide bonds. The number of benzene rings is 1. The van der Waals surface area contributed by atoms with Crippen LogP contribution in [0.1, 0.15) is 19.2 Å². The van der Waals surface area contributed by atoms with Crippen LogP contribution < -0.4 is 10.6 Å². The molecule has 4 heteroatoms. The van der Waals surface area contributed by atoms with Crippen molar-refractivity contribution in [1.29, 1.82) is 0 Å². The van der Waals surface area contributed by atoms with Crippen molar-refractivity contribution in [2.24, 2.45) is 0 Å². The van der Waals surface area contributed by atoms with Crippen molar-refractivity contribution >= 4 is 16.8 Å². The van der Waals surface area contributed by atoms with Gasteiger partial charge in [-0.25, -0.2) is 4.98 Å². The summed E-state index contributed by atoms with van der Waals surface area (Å²) in [7, 11) is 0. The van der Waals surface area contributed by atoms with E-state index in [2.05, 4.69) is 27.8 Å². The molecule has 1 aliphatic heterocycles. The van der Waals surface area contributed by atoms with Gasteiger partial charge in [-0.2, -0.15) is 0 Å². The van der Waals surface area contributed by atoms with E-state index < -0.39 is 0 Å². The minimum absolute atomic E-state index is 0.532. The predicted molar refractivity (Wildman–Crippen MR) is 68.3 cm³/mol. The van der Waals surface area contributed by atoms with E-state index in [9.17, 15) is 0 Å². The Balaban J connectivity index is 1.84. The van der Waals surface area contributed by atoms with Gasteiger partial charge in [-0.15, -0.1) is 0 Å². The van der Waals surface area contributed by atoms with Crippen LogP contribution in [0.3, 0.4) is 0 Å². The molecule has 0 spiro atoms. The molecule has 17 heavy (non-hydrogen) atoms. The highest BCUT2D eigenvalue weighted by atomic mass is 16.3. The van der Waals surface area contributed by atoms with Gasteiger partial charge in [-0.1, -0.05) is 6.92 Å². The highest BCUT2D eigenvalue weighted by Gasteiger charge is 2.14. The molecule has 2 heterocycles. The number of rotatable bonds is 3. The first kappa shape index (κ1) is 10.6. The lowest BCUT2D eigenvalue weighted by Gasteiger charge is -2.12. The number of nitrogens with one attached hydrogen (secondary N) is 2. The second-order valence-corrected chi connectivity index (χ2v) is 4.48. The Morgan fingerprint density at radius 3 is 3.24 bits per heavy atom.